The van der Waals surface area contributed by atoms with Crippen LogP contribution < -0.4 is 0 Å². The minimum atomic E-state index is -0.334. The van der Waals surface area contributed by atoms with Crippen LogP contribution in [0.5, 0.6) is 0 Å². The van der Waals surface area contributed by atoms with Gasteiger partial charge in [-0.05, 0) is 52.8 Å². The number of hydrogen-bond acceptors (Lipinski definition) is 1. The zero-order valence-electron chi connectivity index (χ0n) is 8.13. The summed E-state index contributed by atoms with van der Waals surface area (Å²) in [6, 6.07) is 6.05. The summed E-state index contributed by atoms with van der Waals surface area (Å²) in [6.07, 6.45) is 2.70. The molecule has 0 saturated heterocycles. The second kappa shape index (κ2) is 6.08. The molecule has 0 radical (unpaired) electrons. The molecule has 1 aromatic rings. The molecule has 1 N–H and O–H groups in total. The molecular weight excluding hydrogens is 355 g/mol. The van der Waals surface area contributed by atoms with Crippen molar-refractivity contribution < 1.29 is 5.11 Å². The molecule has 1 unspecified atom stereocenters. The largest absolute Gasteiger partial charge is 0.388 e. The summed E-state index contributed by atoms with van der Waals surface area (Å²) in [7, 11) is 0. The van der Waals surface area contributed by atoms with Crippen LogP contribution in [0.2, 0.25) is 0 Å². The molecule has 1 aromatic carbocycles. The normalized spacial score (nSPS) is 12.9. The minimum Gasteiger partial charge on any atom is -0.388 e. The lowest BCUT2D eigenvalue weighted by atomic mass is 10.0. The maximum Gasteiger partial charge on any atom is 0.0801 e. The van der Waals surface area contributed by atoms with Gasteiger partial charge in [0.25, 0.3) is 0 Å². The Balaban J connectivity index is 2.77. The van der Waals surface area contributed by atoms with E-state index in [4.69, 9.17) is 0 Å². The van der Waals surface area contributed by atoms with Gasteiger partial charge in [0.15, 0.2) is 0 Å². The topological polar surface area (TPSA) is 20.2 Å². The maximum atomic E-state index is 9.92. The molecule has 0 aromatic heterocycles. The highest BCUT2D eigenvalue weighted by molar-refractivity contribution is 14.1. The molecule has 0 aliphatic heterocycles. The Morgan fingerprint density at radius 1 is 1.50 bits per heavy atom. The van der Waals surface area contributed by atoms with Crippen LogP contribution in [0.1, 0.15) is 37.9 Å². The zero-order chi connectivity index (χ0) is 10.6. The van der Waals surface area contributed by atoms with E-state index < -0.39 is 0 Å². The Labute approximate surface area is 107 Å². The van der Waals surface area contributed by atoms with E-state index in [2.05, 4.69) is 45.4 Å². The van der Waals surface area contributed by atoms with Crippen LogP contribution in [-0.2, 0) is 0 Å². The lowest BCUT2D eigenvalue weighted by Gasteiger charge is -2.12. The van der Waals surface area contributed by atoms with Gasteiger partial charge in [0, 0.05) is 8.04 Å². The van der Waals surface area contributed by atoms with Gasteiger partial charge in [-0.1, -0.05) is 35.7 Å². The average Bonchev–Trinajstić information content (AvgIpc) is 2.18. The summed E-state index contributed by atoms with van der Waals surface area (Å²) in [5.74, 6) is 0. The fourth-order valence-electron chi connectivity index (χ4n) is 1.32. The standard InChI is InChI=1S/C11H14BrIO/c1-2-3-4-11(14)9-7-8(13)5-6-10(9)12/h5-7,11,14H,2-4H2,1H3. The van der Waals surface area contributed by atoms with E-state index >= 15 is 0 Å². The molecule has 0 fully saturated rings. The molecule has 0 aliphatic rings. The van der Waals surface area contributed by atoms with E-state index in [0.717, 1.165) is 32.9 Å². The van der Waals surface area contributed by atoms with Gasteiger partial charge in [-0.3, -0.25) is 0 Å². The number of aliphatic hydroxyl groups excluding tert-OH is 1. The van der Waals surface area contributed by atoms with Crippen LogP contribution in [0.4, 0.5) is 0 Å². The number of aliphatic hydroxyl groups is 1. The van der Waals surface area contributed by atoms with Crippen LogP contribution >= 0.6 is 38.5 Å². The Kier molecular flexibility index (Phi) is 5.41. The first kappa shape index (κ1) is 12.5. The van der Waals surface area contributed by atoms with Crippen molar-refractivity contribution >= 4 is 38.5 Å². The molecule has 14 heavy (non-hydrogen) atoms. The fraction of sp³-hybridized carbons (Fsp3) is 0.455. The van der Waals surface area contributed by atoms with Gasteiger partial charge in [-0.25, -0.2) is 0 Å². The number of rotatable bonds is 4. The third kappa shape index (κ3) is 3.51. The Hall–Kier alpha value is 0.390. The van der Waals surface area contributed by atoms with Crippen LogP contribution in [0, 0.1) is 3.57 Å². The highest BCUT2D eigenvalue weighted by Crippen LogP contribution is 2.28. The molecular formula is C11H14BrIO. The molecule has 0 heterocycles. The predicted molar refractivity (Wildman–Crippen MR) is 71.3 cm³/mol. The monoisotopic (exact) mass is 368 g/mol. The fourth-order valence-corrected chi connectivity index (χ4v) is 2.35. The Bertz CT molecular complexity index is 301. The van der Waals surface area contributed by atoms with Gasteiger partial charge in [0.2, 0.25) is 0 Å². The second-order valence-electron chi connectivity index (χ2n) is 3.32. The molecule has 1 rings (SSSR count). The predicted octanol–water partition coefficient (Wildman–Crippen LogP) is 4.28. The summed E-state index contributed by atoms with van der Waals surface area (Å²) in [5, 5.41) is 9.92. The average molecular weight is 369 g/mol. The van der Waals surface area contributed by atoms with Gasteiger partial charge in [0.1, 0.15) is 0 Å². The molecule has 0 bridgehead atoms. The van der Waals surface area contributed by atoms with E-state index in [9.17, 15) is 5.11 Å². The van der Waals surface area contributed by atoms with Gasteiger partial charge in [-0.15, -0.1) is 0 Å². The Morgan fingerprint density at radius 3 is 2.86 bits per heavy atom. The first-order valence-electron chi connectivity index (χ1n) is 4.78. The highest BCUT2D eigenvalue weighted by Gasteiger charge is 2.10. The van der Waals surface area contributed by atoms with Crippen molar-refractivity contribution in [1.82, 2.24) is 0 Å². The molecule has 0 spiro atoms. The van der Waals surface area contributed by atoms with Gasteiger partial charge >= 0.3 is 0 Å². The lowest BCUT2D eigenvalue weighted by Crippen LogP contribution is -1.98. The molecule has 0 amide bonds. The van der Waals surface area contributed by atoms with Crippen LogP contribution in [0.3, 0.4) is 0 Å². The van der Waals surface area contributed by atoms with Crippen molar-refractivity contribution in [3.63, 3.8) is 0 Å². The van der Waals surface area contributed by atoms with E-state index in [-0.39, 0.29) is 6.10 Å². The Morgan fingerprint density at radius 2 is 2.21 bits per heavy atom. The number of halogens is 2. The molecule has 78 valence electrons. The third-order valence-electron chi connectivity index (χ3n) is 2.15. The summed E-state index contributed by atoms with van der Waals surface area (Å²) in [6.45, 7) is 2.14. The van der Waals surface area contributed by atoms with E-state index in [1.165, 1.54) is 0 Å². The van der Waals surface area contributed by atoms with Crippen molar-refractivity contribution in [2.75, 3.05) is 0 Å². The number of unbranched alkanes of at least 4 members (excludes halogenated alkanes) is 1. The summed E-state index contributed by atoms with van der Waals surface area (Å²) in [4.78, 5) is 0. The third-order valence-corrected chi connectivity index (χ3v) is 3.54. The summed E-state index contributed by atoms with van der Waals surface area (Å²) < 4.78 is 2.16. The van der Waals surface area contributed by atoms with Crippen LogP contribution in [-0.4, -0.2) is 5.11 Å². The quantitative estimate of drug-likeness (QED) is 0.786. The van der Waals surface area contributed by atoms with Gasteiger partial charge in [0.05, 0.1) is 6.10 Å². The first-order chi connectivity index (χ1) is 6.65. The van der Waals surface area contributed by atoms with Gasteiger partial charge in [-0.2, -0.15) is 0 Å². The van der Waals surface area contributed by atoms with Crippen molar-refractivity contribution in [2.45, 2.75) is 32.3 Å². The van der Waals surface area contributed by atoms with Crippen LogP contribution in [0.25, 0.3) is 0 Å². The van der Waals surface area contributed by atoms with Crippen molar-refractivity contribution in [1.29, 1.82) is 0 Å². The number of benzene rings is 1. The van der Waals surface area contributed by atoms with Crippen molar-refractivity contribution in [2.24, 2.45) is 0 Å². The molecule has 1 nitrogen and oxygen atoms in total. The van der Waals surface area contributed by atoms with Crippen LogP contribution in [0.15, 0.2) is 22.7 Å². The molecule has 0 saturated carbocycles. The van der Waals surface area contributed by atoms with Crippen molar-refractivity contribution in [3.05, 3.63) is 31.8 Å². The van der Waals surface area contributed by atoms with Crippen molar-refractivity contribution in [3.8, 4) is 0 Å². The first-order valence-corrected chi connectivity index (χ1v) is 6.65. The molecule has 0 aliphatic carbocycles. The molecule has 1 atom stereocenters. The van der Waals surface area contributed by atoms with E-state index in [1.807, 2.05) is 18.2 Å². The minimum absolute atomic E-state index is 0.334. The number of hydrogen-bond donors (Lipinski definition) is 1. The van der Waals surface area contributed by atoms with E-state index in [1.54, 1.807) is 0 Å². The molecule has 3 heteroatoms. The highest BCUT2D eigenvalue weighted by atomic mass is 127. The second-order valence-corrected chi connectivity index (χ2v) is 5.42. The lowest BCUT2D eigenvalue weighted by molar-refractivity contribution is 0.163. The smallest absolute Gasteiger partial charge is 0.0801 e. The summed E-state index contributed by atoms with van der Waals surface area (Å²) >= 11 is 5.72. The van der Waals surface area contributed by atoms with E-state index in [0.29, 0.717) is 0 Å². The van der Waals surface area contributed by atoms with Gasteiger partial charge < -0.3 is 5.11 Å². The summed E-state index contributed by atoms with van der Waals surface area (Å²) in [5.41, 5.74) is 1.00. The SMILES string of the molecule is CCCCC(O)c1cc(I)ccc1Br. The zero-order valence-corrected chi connectivity index (χ0v) is 11.9. The maximum absolute atomic E-state index is 9.92.